The Bertz CT molecular complexity index is 130. The SMILES string of the molecule is CC(C)OC(=O)C(N)=O. The van der Waals surface area contributed by atoms with E-state index in [2.05, 4.69) is 10.5 Å². The van der Waals surface area contributed by atoms with Crippen LogP contribution in [-0.2, 0) is 14.3 Å². The summed E-state index contributed by atoms with van der Waals surface area (Å²) in [5.41, 5.74) is 4.57. The van der Waals surface area contributed by atoms with Gasteiger partial charge in [0.05, 0.1) is 6.10 Å². The molecular weight excluding hydrogens is 122 g/mol. The molecule has 0 rings (SSSR count). The van der Waals surface area contributed by atoms with Crippen LogP contribution in [0.4, 0.5) is 0 Å². The largest absolute Gasteiger partial charge is 0.456 e. The van der Waals surface area contributed by atoms with E-state index in [4.69, 9.17) is 0 Å². The molecule has 0 fully saturated rings. The second-order valence-corrected chi connectivity index (χ2v) is 1.82. The van der Waals surface area contributed by atoms with Gasteiger partial charge < -0.3 is 10.5 Å². The molecule has 0 aliphatic heterocycles. The van der Waals surface area contributed by atoms with Crippen LogP contribution < -0.4 is 5.73 Å². The summed E-state index contributed by atoms with van der Waals surface area (Å²) in [6.07, 6.45) is -0.287. The van der Waals surface area contributed by atoms with Crippen LogP contribution in [0.5, 0.6) is 0 Å². The maximum absolute atomic E-state index is 10.3. The number of hydrogen-bond donors (Lipinski definition) is 1. The van der Waals surface area contributed by atoms with Crippen molar-refractivity contribution in [2.75, 3.05) is 0 Å². The first-order chi connectivity index (χ1) is 4.04. The van der Waals surface area contributed by atoms with Crippen LogP contribution in [0.3, 0.4) is 0 Å². The standard InChI is InChI=1S/C5H9NO3/c1-3(2)9-5(8)4(6)7/h3H,1-2H3,(H2,6,7). The molecule has 0 saturated heterocycles. The molecule has 0 aromatic rings. The van der Waals surface area contributed by atoms with E-state index in [1.165, 1.54) is 0 Å². The summed E-state index contributed by atoms with van der Waals surface area (Å²) < 4.78 is 4.40. The second kappa shape index (κ2) is 3.06. The van der Waals surface area contributed by atoms with Gasteiger partial charge in [0.25, 0.3) is 0 Å². The summed E-state index contributed by atoms with van der Waals surface area (Å²) in [4.78, 5) is 20.2. The van der Waals surface area contributed by atoms with E-state index < -0.39 is 11.9 Å². The van der Waals surface area contributed by atoms with Gasteiger partial charge in [0, 0.05) is 0 Å². The third-order valence-corrected chi connectivity index (χ3v) is 0.544. The Balaban J connectivity index is 3.65. The molecule has 52 valence electrons. The van der Waals surface area contributed by atoms with Gasteiger partial charge in [0.1, 0.15) is 0 Å². The predicted octanol–water partition coefficient (Wildman–Crippen LogP) is -0.577. The Hall–Kier alpha value is -1.06. The van der Waals surface area contributed by atoms with Crippen LogP contribution in [-0.4, -0.2) is 18.0 Å². The number of esters is 1. The molecule has 1 amide bonds. The first-order valence-corrected chi connectivity index (χ1v) is 2.54. The molecule has 4 nitrogen and oxygen atoms in total. The van der Waals surface area contributed by atoms with E-state index in [1.807, 2.05) is 0 Å². The van der Waals surface area contributed by atoms with Gasteiger partial charge >= 0.3 is 11.9 Å². The maximum atomic E-state index is 10.3. The number of hydrogen-bond acceptors (Lipinski definition) is 3. The minimum atomic E-state index is -1.05. The molecule has 0 aliphatic carbocycles. The summed E-state index contributed by atoms with van der Waals surface area (Å²) in [5, 5.41) is 0. The Morgan fingerprint density at radius 1 is 1.44 bits per heavy atom. The molecule has 0 aromatic carbocycles. The van der Waals surface area contributed by atoms with Crippen molar-refractivity contribution in [3.8, 4) is 0 Å². The lowest BCUT2D eigenvalue weighted by Crippen LogP contribution is -2.27. The average molecular weight is 131 g/mol. The molecule has 0 atom stereocenters. The monoisotopic (exact) mass is 131 g/mol. The zero-order valence-electron chi connectivity index (χ0n) is 5.38. The molecule has 0 heterocycles. The zero-order chi connectivity index (χ0) is 7.44. The van der Waals surface area contributed by atoms with Crippen molar-refractivity contribution in [3.05, 3.63) is 0 Å². The summed E-state index contributed by atoms with van der Waals surface area (Å²) in [7, 11) is 0. The molecule has 9 heavy (non-hydrogen) atoms. The number of primary amides is 1. The molecule has 0 radical (unpaired) electrons. The maximum Gasteiger partial charge on any atom is 0.396 e. The molecule has 4 heteroatoms. The van der Waals surface area contributed by atoms with Crippen molar-refractivity contribution >= 4 is 11.9 Å². The van der Waals surface area contributed by atoms with E-state index in [1.54, 1.807) is 13.8 Å². The van der Waals surface area contributed by atoms with Gasteiger partial charge in [-0.25, -0.2) is 4.79 Å². The quantitative estimate of drug-likeness (QED) is 0.382. The number of rotatable bonds is 1. The fraction of sp³-hybridized carbons (Fsp3) is 0.600. The molecule has 0 spiro atoms. The number of carbonyl (C=O) groups excluding carboxylic acids is 2. The highest BCUT2D eigenvalue weighted by Gasteiger charge is 2.10. The van der Waals surface area contributed by atoms with Gasteiger partial charge in [0.2, 0.25) is 0 Å². The van der Waals surface area contributed by atoms with Gasteiger partial charge in [0.15, 0.2) is 0 Å². The van der Waals surface area contributed by atoms with Gasteiger partial charge in [-0.05, 0) is 13.8 Å². The third-order valence-electron chi connectivity index (χ3n) is 0.544. The topological polar surface area (TPSA) is 69.4 Å². The van der Waals surface area contributed by atoms with Crippen LogP contribution in [0, 0.1) is 0 Å². The van der Waals surface area contributed by atoms with E-state index in [0.29, 0.717) is 0 Å². The Kier molecular flexibility index (Phi) is 2.70. The summed E-state index contributed by atoms with van der Waals surface area (Å²) >= 11 is 0. The van der Waals surface area contributed by atoms with Crippen molar-refractivity contribution in [1.82, 2.24) is 0 Å². The summed E-state index contributed by atoms with van der Waals surface area (Å²) in [6, 6.07) is 0. The van der Waals surface area contributed by atoms with Gasteiger partial charge in [-0.3, -0.25) is 4.79 Å². The first kappa shape index (κ1) is 7.94. The van der Waals surface area contributed by atoms with Crippen molar-refractivity contribution in [2.45, 2.75) is 20.0 Å². The van der Waals surface area contributed by atoms with Crippen molar-refractivity contribution < 1.29 is 14.3 Å². The molecule has 2 N–H and O–H groups in total. The van der Waals surface area contributed by atoms with Crippen LogP contribution in [0.2, 0.25) is 0 Å². The smallest absolute Gasteiger partial charge is 0.396 e. The van der Waals surface area contributed by atoms with Gasteiger partial charge in [-0.2, -0.15) is 0 Å². The van der Waals surface area contributed by atoms with Crippen molar-refractivity contribution in [3.63, 3.8) is 0 Å². The number of carbonyl (C=O) groups is 2. The number of amides is 1. The Morgan fingerprint density at radius 3 is 2.00 bits per heavy atom. The molecule has 0 aromatic heterocycles. The Morgan fingerprint density at radius 2 is 1.89 bits per heavy atom. The zero-order valence-corrected chi connectivity index (χ0v) is 5.38. The van der Waals surface area contributed by atoms with Crippen molar-refractivity contribution in [1.29, 1.82) is 0 Å². The number of ether oxygens (including phenoxy) is 1. The van der Waals surface area contributed by atoms with E-state index in [9.17, 15) is 9.59 Å². The lowest BCUT2D eigenvalue weighted by Gasteiger charge is -2.03. The van der Waals surface area contributed by atoms with E-state index in [-0.39, 0.29) is 6.10 Å². The molecular formula is C5H9NO3. The average Bonchev–Trinajstić information content (AvgIpc) is 1.63. The minimum Gasteiger partial charge on any atom is -0.456 e. The predicted molar refractivity (Wildman–Crippen MR) is 30.4 cm³/mol. The Labute approximate surface area is 53.0 Å². The van der Waals surface area contributed by atoms with Crippen LogP contribution in [0.15, 0.2) is 0 Å². The molecule has 0 saturated carbocycles. The summed E-state index contributed by atoms with van der Waals surface area (Å²) in [6.45, 7) is 3.28. The van der Waals surface area contributed by atoms with Gasteiger partial charge in [-0.1, -0.05) is 0 Å². The first-order valence-electron chi connectivity index (χ1n) is 2.54. The highest BCUT2D eigenvalue weighted by molar-refractivity contribution is 6.31. The summed E-state index contributed by atoms with van der Waals surface area (Å²) in [5.74, 6) is -2.03. The lowest BCUT2D eigenvalue weighted by molar-refractivity contribution is -0.156. The van der Waals surface area contributed by atoms with Crippen molar-refractivity contribution in [2.24, 2.45) is 5.73 Å². The highest BCUT2D eigenvalue weighted by atomic mass is 16.5. The fourth-order valence-electron chi connectivity index (χ4n) is 0.272. The van der Waals surface area contributed by atoms with Crippen LogP contribution >= 0.6 is 0 Å². The molecule has 0 bridgehead atoms. The normalized spacial score (nSPS) is 9.22. The number of nitrogens with two attached hydrogens (primary N) is 1. The van der Waals surface area contributed by atoms with Crippen LogP contribution in [0.1, 0.15) is 13.8 Å². The minimum absolute atomic E-state index is 0.287. The van der Waals surface area contributed by atoms with E-state index >= 15 is 0 Å². The van der Waals surface area contributed by atoms with Crippen LogP contribution in [0.25, 0.3) is 0 Å². The fourth-order valence-corrected chi connectivity index (χ4v) is 0.272. The van der Waals surface area contributed by atoms with Gasteiger partial charge in [-0.15, -0.1) is 0 Å². The molecule has 0 aliphatic rings. The van der Waals surface area contributed by atoms with E-state index in [0.717, 1.165) is 0 Å². The lowest BCUT2D eigenvalue weighted by atomic mass is 10.5. The molecule has 0 unspecified atom stereocenters. The third kappa shape index (κ3) is 3.52. The highest BCUT2D eigenvalue weighted by Crippen LogP contribution is 1.86. The second-order valence-electron chi connectivity index (χ2n) is 1.82.